The molecule has 0 N–H and O–H groups in total. The van der Waals surface area contributed by atoms with Crippen LogP contribution in [0.15, 0.2) is 54.6 Å². The second-order valence-electron chi connectivity index (χ2n) is 4.81. The van der Waals surface area contributed by atoms with Crippen molar-refractivity contribution < 1.29 is 49.0 Å². The van der Waals surface area contributed by atoms with Crippen molar-refractivity contribution in [3.05, 3.63) is 61.7 Å². The summed E-state index contributed by atoms with van der Waals surface area (Å²) in [5, 5.41) is 8.78. The molecule has 25 heavy (non-hydrogen) atoms. The molecule has 3 nitrogen and oxygen atoms in total. The van der Waals surface area contributed by atoms with E-state index in [0.717, 1.165) is 18.8 Å². The Morgan fingerprint density at radius 3 is 2.20 bits per heavy atom. The number of ether oxygens (including phenoxy) is 1. The standard InChI is InChI=1S/C16H18IO.C2HF3O2/c1-2-3-13-18-16-12-8-7-11-15(16)17-14-9-5-4-6-10-14;3-2(4,5)1(6)7/h4-12H,2-3,13H2,1H3;(H,6,7)/q+1;/p-1. The number of hydrogen-bond acceptors (Lipinski definition) is 3. The van der Waals surface area contributed by atoms with Crippen LogP contribution in [0.3, 0.4) is 0 Å². The number of hydrogen-bond donors (Lipinski definition) is 0. The number of carboxylic acid groups (broad SMARTS) is 1. The third-order valence-electron chi connectivity index (χ3n) is 2.77. The van der Waals surface area contributed by atoms with Crippen LogP contribution in [0.4, 0.5) is 13.2 Å². The van der Waals surface area contributed by atoms with Crippen molar-refractivity contribution in [1.29, 1.82) is 0 Å². The smallest absolute Gasteiger partial charge is 0.430 e. The lowest BCUT2D eigenvalue weighted by Crippen LogP contribution is -3.61. The molecule has 0 aliphatic heterocycles. The Labute approximate surface area is 155 Å². The van der Waals surface area contributed by atoms with Gasteiger partial charge in [0.25, 0.3) is 0 Å². The van der Waals surface area contributed by atoms with Crippen LogP contribution in [0.5, 0.6) is 5.75 Å². The molecule has 0 bridgehead atoms. The highest BCUT2D eigenvalue weighted by atomic mass is 127. The molecule has 136 valence electrons. The fourth-order valence-corrected chi connectivity index (χ4v) is 4.00. The molecule has 0 saturated carbocycles. The molecule has 7 heteroatoms. The van der Waals surface area contributed by atoms with Gasteiger partial charge in [0.1, 0.15) is 5.97 Å². The summed E-state index contributed by atoms with van der Waals surface area (Å²) in [6.45, 7) is 3.01. The Hall–Kier alpha value is -1.77. The molecule has 0 aromatic heterocycles. The van der Waals surface area contributed by atoms with Gasteiger partial charge in [-0.3, -0.25) is 0 Å². The monoisotopic (exact) mass is 466 g/mol. The lowest BCUT2D eigenvalue weighted by molar-refractivity contribution is -0.598. The molecule has 0 saturated heterocycles. The van der Waals surface area contributed by atoms with Gasteiger partial charge in [-0.05, 0) is 30.7 Å². The maximum Gasteiger partial charge on any atom is 0.430 e. The Bertz CT molecular complexity index is 646. The summed E-state index contributed by atoms with van der Waals surface area (Å²) in [6, 6.07) is 19.1. The molecule has 0 aliphatic carbocycles. The van der Waals surface area contributed by atoms with Gasteiger partial charge in [0.05, 0.1) is 6.61 Å². The molecule has 0 unspecified atom stereocenters. The van der Waals surface area contributed by atoms with Crippen LogP contribution in [-0.4, -0.2) is 18.8 Å². The van der Waals surface area contributed by atoms with Crippen molar-refractivity contribution >= 4 is 5.97 Å². The first-order chi connectivity index (χ1) is 11.8. The van der Waals surface area contributed by atoms with E-state index in [1.807, 2.05) is 0 Å². The van der Waals surface area contributed by atoms with E-state index in [-0.39, 0.29) is 21.2 Å². The van der Waals surface area contributed by atoms with Gasteiger partial charge in [0, 0.05) is 0 Å². The maximum absolute atomic E-state index is 10.5. The van der Waals surface area contributed by atoms with Crippen molar-refractivity contribution in [2.45, 2.75) is 25.9 Å². The zero-order valence-electron chi connectivity index (χ0n) is 13.6. The van der Waals surface area contributed by atoms with Gasteiger partial charge >= 0.3 is 27.4 Å². The van der Waals surface area contributed by atoms with Crippen molar-refractivity contribution in [2.24, 2.45) is 0 Å². The SMILES string of the molecule is CCCCOc1ccccc1[I+]c1ccccc1.O=C([O-])C(F)(F)F. The summed E-state index contributed by atoms with van der Waals surface area (Å²) in [5.74, 6) is -1.94. The first kappa shape index (κ1) is 21.3. The molecular weight excluding hydrogens is 448 g/mol. The molecule has 0 spiro atoms. The second-order valence-corrected chi connectivity index (χ2v) is 7.75. The average molecular weight is 466 g/mol. The zero-order chi connectivity index (χ0) is 18.7. The normalized spacial score (nSPS) is 10.6. The summed E-state index contributed by atoms with van der Waals surface area (Å²) in [7, 11) is 0. The van der Waals surface area contributed by atoms with E-state index in [9.17, 15) is 13.2 Å². The van der Waals surface area contributed by atoms with E-state index < -0.39 is 12.1 Å². The number of aliphatic carboxylic acids is 1. The van der Waals surface area contributed by atoms with E-state index >= 15 is 0 Å². The van der Waals surface area contributed by atoms with Gasteiger partial charge in [0.2, 0.25) is 3.57 Å². The number of benzene rings is 2. The summed E-state index contributed by atoms with van der Waals surface area (Å²) < 4.78 is 40.2. The Kier molecular flexibility index (Phi) is 9.33. The third kappa shape index (κ3) is 8.76. The van der Waals surface area contributed by atoms with Crippen LogP contribution < -0.4 is 31.0 Å². The molecular formula is C18H18F3IO3. The molecule has 0 fully saturated rings. The summed E-state index contributed by atoms with van der Waals surface area (Å²) in [5.41, 5.74) is 0. The Balaban J connectivity index is 0.000000381. The number of alkyl halides is 3. The van der Waals surface area contributed by atoms with Crippen LogP contribution in [0.1, 0.15) is 19.8 Å². The fraction of sp³-hybridized carbons (Fsp3) is 0.278. The van der Waals surface area contributed by atoms with Crippen molar-refractivity contribution in [1.82, 2.24) is 0 Å². The van der Waals surface area contributed by atoms with Gasteiger partial charge in [-0.15, -0.1) is 0 Å². The van der Waals surface area contributed by atoms with Gasteiger partial charge in [-0.1, -0.05) is 43.7 Å². The molecule has 0 amide bonds. The minimum atomic E-state index is -5.19. The number of carbonyl (C=O) groups is 1. The van der Waals surface area contributed by atoms with Crippen LogP contribution in [-0.2, 0) is 4.79 Å². The summed E-state index contributed by atoms with van der Waals surface area (Å²) >= 11 is -0.140. The molecule has 0 heterocycles. The fourth-order valence-electron chi connectivity index (χ4n) is 1.56. The van der Waals surface area contributed by atoms with Crippen molar-refractivity contribution in [3.63, 3.8) is 0 Å². The van der Waals surface area contributed by atoms with Gasteiger partial charge in [0.15, 0.2) is 9.32 Å². The molecule has 2 rings (SSSR count). The van der Waals surface area contributed by atoms with Gasteiger partial charge < -0.3 is 14.6 Å². The first-order valence-electron chi connectivity index (χ1n) is 7.54. The molecule has 2 aromatic rings. The molecule has 0 aliphatic rings. The zero-order valence-corrected chi connectivity index (χ0v) is 15.7. The van der Waals surface area contributed by atoms with Crippen molar-refractivity contribution in [3.8, 4) is 5.75 Å². The van der Waals surface area contributed by atoms with E-state index in [1.54, 1.807) is 0 Å². The second kappa shape index (κ2) is 11.0. The Morgan fingerprint density at radius 2 is 1.64 bits per heavy atom. The number of rotatable bonds is 6. The first-order valence-corrected chi connectivity index (χ1v) is 9.70. The predicted molar refractivity (Wildman–Crippen MR) is 81.7 cm³/mol. The molecule has 0 atom stereocenters. The van der Waals surface area contributed by atoms with E-state index in [0.29, 0.717) is 0 Å². The topological polar surface area (TPSA) is 49.4 Å². The summed E-state index contributed by atoms with van der Waals surface area (Å²) in [4.78, 5) is 8.78. The number of unbranched alkanes of at least 4 members (excludes halogenated alkanes) is 1. The van der Waals surface area contributed by atoms with Crippen LogP contribution >= 0.6 is 0 Å². The van der Waals surface area contributed by atoms with Gasteiger partial charge in [-0.25, -0.2) is 0 Å². The predicted octanol–water partition coefficient (Wildman–Crippen LogP) is 0.292. The largest absolute Gasteiger partial charge is 0.542 e. The number of carboxylic acids is 1. The highest BCUT2D eigenvalue weighted by molar-refractivity contribution is 5.70. The van der Waals surface area contributed by atoms with E-state index in [2.05, 4.69) is 61.5 Å². The van der Waals surface area contributed by atoms with Crippen LogP contribution in [0, 0.1) is 7.14 Å². The average Bonchev–Trinajstić information content (AvgIpc) is 2.57. The highest BCUT2D eigenvalue weighted by Gasteiger charge is 2.28. The lowest BCUT2D eigenvalue weighted by atomic mass is 10.3. The molecule has 0 radical (unpaired) electrons. The Morgan fingerprint density at radius 1 is 1.08 bits per heavy atom. The van der Waals surface area contributed by atoms with Crippen LogP contribution in [0.25, 0.3) is 0 Å². The number of para-hydroxylation sites is 1. The number of halogens is 4. The minimum absolute atomic E-state index is 0.140. The van der Waals surface area contributed by atoms with Crippen LogP contribution in [0.2, 0.25) is 0 Å². The third-order valence-corrected chi connectivity index (χ3v) is 5.58. The van der Waals surface area contributed by atoms with E-state index in [4.69, 9.17) is 14.6 Å². The van der Waals surface area contributed by atoms with Gasteiger partial charge in [-0.2, -0.15) is 13.2 Å². The maximum atomic E-state index is 10.5. The highest BCUT2D eigenvalue weighted by Crippen LogP contribution is 2.11. The van der Waals surface area contributed by atoms with Crippen molar-refractivity contribution in [2.75, 3.05) is 6.61 Å². The lowest BCUT2D eigenvalue weighted by Gasteiger charge is -2.04. The van der Waals surface area contributed by atoms with E-state index in [1.165, 1.54) is 13.6 Å². The molecule has 2 aromatic carbocycles. The quantitative estimate of drug-likeness (QED) is 0.455. The summed E-state index contributed by atoms with van der Waals surface area (Å²) in [6.07, 6.45) is -2.89. The minimum Gasteiger partial charge on any atom is -0.542 e. The number of carbonyl (C=O) groups excluding carboxylic acids is 1.